The molecule has 1 N–H and O–H groups in total. The molecule has 1 aromatic rings. The lowest BCUT2D eigenvalue weighted by Crippen LogP contribution is -2.01. The molecule has 0 aliphatic rings. The summed E-state index contributed by atoms with van der Waals surface area (Å²) in [6.45, 7) is 2.77. The summed E-state index contributed by atoms with van der Waals surface area (Å²) in [5, 5.41) is 8.76. The molecule has 4 heteroatoms. The lowest BCUT2D eigenvalue weighted by Gasteiger charge is -2.05. The van der Waals surface area contributed by atoms with Crippen LogP contribution in [0.15, 0.2) is 18.5 Å². The Morgan fingerprint density at radius 2 is 2.19 bits per heavy atom. The minimum atomic E-state index is -0.982. The van der Waals surface area contributed by atoms with Crippen LogP contribution in [0.3, 0.4) is 0 Å². The number of carbonyl (C=O) groups is 1. The molecule has 0 unspecified atom stereocenters. The van der Waals surface area contributed by atoms with Crippen molar-refractivity contribution in [1.82, 2.24) is 4.98 Å². The summed E-state index contributed by atoms with van der Waals surface area (Å²) in [5.41, 5.74) is 0.158. The van der Waals surface area contributed by atoms with Gasteiger partial charge in [-0.2, -0.15) is 0 Å². The van der Waals surface area contributed by atoms with Gasteiger partial charge in [0.05, 0.1) is 18.4 Å². The number of hydrogen-bond donors (Lipinski definition) is 1. The van der Waals surface area contributed by atoms with Crippen molar-refractivity contribution in [3.8, 4) is 5.75 Å². The maximum absolute atomic E-state index is 10.7. The van der Waals surface area contributed by atoms with Crippen LogP contribution in [0, 0.1) is 0 Å². The second-order valence-electron chi connectivity index (χ2n) is 3.62. The number of rotatable bonds is 7. The number of aromatic nitrogens is 1. The first-order chi connectivity index (χ1) is 7.74. The molecule has 0 atom stereocenters. The molecular weight excluding hydrogens is 206 g/mol. The average Bonchev–Trinajstić information content (AvgIpc) is 2.29. The Morgan fingerprint density at radius 3 is 2.88 bits per heavy atom. The summed E-state index contributed by atoms with van der Waals surface area (Å²) < 4.78 is 5.42. The van der Waals surface area contributed by atoms with Gasteiger partial charge in [0, 0.05) is 6.20 Å². The Labute approximate surface area is 95.3 Å². The smallest absolute Gasteiger partial charge is 0.337 e. The molecule has 0 saturated carbocycles. The first-order valence-electron chi connectivity index (χ1n) is 5.55. The topological polar surface area (TPSA) is 59.4 Å². The SMILES string of the molecule is CCCCCCOc1cncc(C(=O)O)c1. The van der Waals surface area contributed by atoms with Gasteiger partial charge in [-0.05, 0) is 12.5 Å². The van der Waals surface area contributed by atoms with E-state index in [1.54, 1.807) is 0 Å². The molecule has 0 saturated heterocycles. The van der Waals surface area contributed by atoms with E-state index in [1.165, 1.54) is 31.3 Å². The van der Waals surface area contributed by atoms with Crippen molar-refractivity contribution in [3.63, 3.8) is 0 Å². The quantitative estimate of drug-likeness (QED) is 0.722. The van der Waals surface area contributed by atoms with Gasteiger partial charge in [-0.15, -0.1) is 0 Å². The van der Waals surface area contributed by atoms with Crippen LogP contribution in [0.1, 0.15) is 43.0 Å². The lowest BCUT2D eigenvalue weighted by molar-refractivity contribution is 0.0696. The number of pyridine rings is 1. The van der Waals surface area contributed by atoms with Crippen molar-refractivity contribution in [2.24, 2.45) is 0 Å². The van der Waals surface area contributed by atoms with Crippen molar-refractivity contribution in [1.29, 1.82) is 0 Å². The van der Waals surface area contributed by atoms with Crippen molar-refractivity contribution in [2.45, 2.75) is 32.6 Å². The maximum Gasteiger partial charge on any atom is 0.337 e. The lowest BCUT2D eigenvalue weighted by atomic mass is 10.2. The van der Waals surface area contributed by atoms with Gasteiger partial charge >= 0.3 is 5.97 Å². The molecule has 0 aliphatic heterocycles. The minimum Gasteiger partial charge on any atom is -0.492 e. The molecule has 0 fully saturated rings. The molecule has 88 valence electrons. The molecule has 0 amide bonds. The standard InChI is InChI=1S/C12H17NO3/c1-2-3-4-5-6-16-11-7-10(12(14)15)8-13-9-11/h7-9H,2-6H2,1H3,(H,14,15). The molecule has 1 heterocycles. The van der Waals surface area contributed by atoms with E-state index in [9.17, 15) is 4.79 Å². The van der Waals surface area contributed by atoms with Gasteiger partial charge in [-0.25, -0.2) is 4.79 Å². The van der Waals surface area contributed by atoms with Crippen molar-refractivity contribution < 1.29 is 14.6 Å². The highest BCUT2D eigenvalue weighted by Crippen LogP contribution is 2.12. The van der Waals surface area contributed by atoms with E-state index in [0.29, 0.717) is 12.4 Å². The normalized spacial score (nSPS) is 10.1. The van der Waals surface area contributed by atoms with E-state index in [2.05, 4.69) is 11.9 Å². The third-order valence-corrected chi connectivity index (χ3v) is 2.23. The Morgan fingerprint density at radius 1 is 1.38 bits per heavy atom. The Hall–Kier alpha value is -1.58. The number of carboxylic acid groups (broad SMARTS) is 1. The molecule has 0 aliphatic carbocycles. The van der Waals surface area contributed by atoms with Crippen molar-refractivity contribution in [3.05, 3.63) is 24.0 Å². The Bertz CT molecular complexity index is 339. The molecule has 0 spiro atoms. The van der Waals surface area contributed by atoms with Gasteiger partial charge in [-0.1, -0.05) is 26.2 Å². The summed E-state index contributed by atoms with van der Waals surface area (Å²) in [6, 6.07) is 1.50. The Kier molecular flexibility index (Phi) is 5.32. The average molecular weight is 223 g/mol. The number of hydrogen-bond acceptors (Lipinski definition) is 3. The van der Waals surface area contributed by atoms with Crippen LogP contribution in [0.5, 0.6) is 5.75 Å². The summed E-state index contributed by atoms with van der Waals surface area (Å²) in [7, 11) is 0. The third-order valence-electron chi connectivity index (χ3n) is 2.23. The van der Waals surface area contributed by atoms with E-state index < -0.39 is 5.97 Å². The molecule has 0 aromatic carbocycles. The minimum absolute atomic E-state index is 0.158. The number of aromatic carboxylic acids is 1. The molecule has 1 rings (SSSR count). The van der Waals surface area contributed by atoms with Crippen LogP contribution in [0.2, 0.25) is 0 Å². The van der Waals surface area contributed by atoms with Gasteiger partial charge in [0.25, 0.3) is 0 Å². The zero-order valence-corrected chi connectivity index (χ0v) is 9.48. The van der Waals surface area contributed by atoms with Crippen molar-refractivity contribution in [2.75, 3.05) is 6.61 Å². The van der Waals surface area contributed by atoms with Gasteiger partial charge in [0.2, 0.25) is 0 Å². The highest BCUT2D eigenvalue weighted by Gasteiger charge is 2.04. The summed E-state index contributed by atoms with van der Waals surface area (Å²) in [6.07, 6.45) is 7.37. The zero-order valence-electron chi connectivity index (χ0n) is 9.48. The molecule has 4 nitrogen and oxygen atoms in total. The second kappa shape index (κ2) is 6.82. The monoisotopic (exact) mass is 223 g/mol. The third kappa shape index (κ3) is 4.29. The fourth-order valence-electron chi connectivity index (χ4n) is 1.33. The molecule has 0 bridgehead atoms. The van der Waals surface area contributed by atoms with E-state index in [1.807, 2.05) is 0 Å². The van der Waals surface area contributed by atoms with E-state index in [4.69, 9.17) is 9.84 Å². The molecule has 1 aromatic heterocycles. The number of carboxylic acids is 1. The van der Waals surface area contributed by atoms with E-state index in [0.717, 1.165) is 12.8 Å². The first-order valence-corrected chi connectivity index (χ1v) is 5.55. The van der Waals surface area contributed by atoms with Crippen LogP contribution in [-0.2, 0) is 0 Å². The van der Waals surface area contributed by atoms with Crippen LogP contribution in [0.25, 0.3) is 0 Å². The summed E-state index contributed by atoms with van der Waals surface area (Å²) >= 11 is 0. The Balaban J connectivity index is 2.36. The maximum atomic E-state index is 10.7. The summed E-state index contributed by atoms with van der Waals surface area (Å²) in [4.78, 5) is 14.5. The molecule has 16 heavy (non-hydrogen) atoms. The van der Waals surface area contributed by atoms with Gasteiger partial charge in [-0.3, -0.25) is 4.98 Å². The largest absolute Gasteiger partial charge is 0.492 e. The summed E-state index contributed by atoms with van der Waals surface area (Å²) in [5.74, 6) is -0.458. The predicted molar refractivity (Wildman–Crippen MR) is 60.8 cm³/mol. The fourth-order valence-corrected chi connectivity index (χ4v) is 1.33. The molecular formula is C12H17NO3. The first kappa shape index (κ1) is 12.5. The van der Waals surface area contributed by atoms with Crippen LogP contribution in [0.4, 0.5) is 0 Å². The van der Waals surface area contributed by atoms with Gasteiger partial charge in [0.1, 0.15) is 5.75 Å². The highest BCUT2D eigenvalue weighted by molar-refractivity contribution is 5.87. The second-order valence-corrected chi connectivity index (χ2v) is 3.62. The van der Waals surface area contributed by atoms with Crippen LogP contribution < -0.4 is 4.74 Å². The number of ether oxygens (including phenoxy) is 1. The highest BCUT2D eigenvalue weighted by atomic mass is 16.5. The van der Waals surface area contributed by atoms with Crippen molar-refractivity contribution >= 4 is 5.97 Å². The predicted octanol–water partition coefficient (Wildman–Crippen LogP) is 2.74. The van der Waals surface area contributed by atoms with E-state index >= 15 is 0 Å². The van der Waals surface area contributed by atoms with E-state index in [-0.39, 0.29) is 5.56 Å². The fraction of sp³-hybridized carbons (Fsp3) is 0.500. The molecule has 0 radical (unpaired) electrons. The van der Waals surface area contributed by atoms with Gasteiger partial charge in [0.15, 0.2) is 0 Å². The number of nitrogens with zero attached hydrogens (tertiary/aromatic N) is 1. The number of unbranched alkanes of at least 4 members (excludes halogenated alkanes) is 3. The van der Waals surface area contributed by atoms with Crippen LogP contribution >= 0.6 is 0 Å². The zero-order chi connectivity index (χ0) is 11.8. The van der Waals surface area contributed by atoms with Crippen LogP contribution in [-0.4, -0.2) is 22.7 Å². The van der Waals surface area contributed by atoms with Gasteiger partial charge < -0.3 is 9.84 Å².